The fraction of sp³-hybridized carbons (Fsp3) is 0.727. The number of nitrogens with zero attached hydrogens (tertiary/aromatic N) is 3. The fourth-order valence-corrected chi connectivity index (χ4v) is 1.59. The summed E-state index contributed by atoms with van der Waals surface area (Å²) in [6.07, 6.45) is 2.11. The summed E-state index contributed by atoms with van der Waals surface area (Å²) in [6.45, 7) is 5.78. The van der Waals surface area contributed by atoms with Gasteiger partial charge in [0.15, 0.2) is 6.23 Å². The van der Waals surface area contributed by atoms with Gasteiger partial charge in [0.2, 0.25) is 0 Å². The smallest absolute Gasteiger partial charge is 0.335 e. The first-order valence-corrected chi connectivity index (χ1v) is 5.82. The molecule has 94 valence electrons. The molecule has 0 spiro atoms. The minimum absolute atomic E-state index is 0.196. The van der Waals surface area contributed by atoms with E-state index in [1.54, 1.807) is 11.2 Å². The van der Waals surface area contributed by atoms with Crippen LogP contribution >= 0.6 is 0 Å². The Hall–Kier alpha value is -1.43. The van der Waals surface area contributed by atoms with E-state index in [4.69, 9.17) is 9.47 Å². The lowest BCUT2D eigenvalue weighted by molar-refractivity contribution is -0.135. The molecule has 2 aliphatic heterocycles. The van der Waals surface area contributed by atoms with Crippen LogP contribution in [0.2, 0.25) is 0 Å². The van der Waals surface area contributed by atoms with Gasteiger partial charge in [0.1, 0.15) is 6.54 Å². The predicted octanol–water partition coefficient (Wildman–Crippen LogP) is 1.50. The fourth-order valence-electron chi connectivity index (χ4n) is 1.59. The highest BCUT2D eigenvalue weighted by molar-refractivity contribution is 5.90. The summed E-state index contributed by atoms with van der Waals surface area (Å²) in [7, 11) is 0. The number of carbonyl (C=O) groups excluding carboxylic acids is 1. The van der Waals surface area contributed by atoms with Gasteiger partial charge in [0, 0.05) is 12.6 Å². The second-order valence-electron chi connectivity index (χ2n) is 4.52. The van der Waals surface area contributed by atoms with Crippen molar-refractivity contribution in [2.45, 2.75) is 26.5 Å². The van der Waals surface area contributed by atoms with Crippen LogP contribution in [-0.2, 0) is 14.3 Å². The Kier molecular flexibility index (Phi) is 3.73. The molecule has 0 saturated carbocycles. The van der Waals surface area contributed by atoms with Crippen LogP contribution in [0.4, 0.5) is 0 Å². The monoisotopic (exact) mass is 239 g/mol. The number of cyclic esters (lactones) is 1. The molecule has 2 rings (SSSR count). The highest BCUT2D eigenvalue weighted by Gasteiger charge is 2.26. The van der Waals surface area contributed by atoms with Crippen molar-refractivity contribution in [3.8, 4) is 0 Å². The number of rotatable bonds is 4. The molecule has 1 atom stereocenters. The summed E-state index contributed by atoms with van der Waals surface area (Å²) in [5.74, 6) is 0.191. The molecule has 0 amide bonds. The van der Waals surface area contributed by atoms with Crippen LogP contribution in [0.5, 0.6) is 0 Å². The maximum atomic E-state index is 11.3. The molecular weight excluding hydrogens is 222 g/mol. The molecule has 0 N–H and O–H groups in total. The largest absolute Gasteiger partial charge is 0.462 e. The van der Waals surface area contributed by atoms with Gasteiger partial charge in [-0.2, -0.15) is 5.11 Å². The van der Waals surface area contributed by atoms with Gasteiger partial charge in [-0.25, -0.2) is 9.80 Å². The van der Waals surface area contributed by atoms with Gasteiger partial charge in [-0.3, -0.25) is 0 Å². The van der Waals surface area contributed by atoms with Crippen LogP contribution in [-0.4, -0.2) is 37.0 Å². The van der Waals surface area contributed by atoms with Crippen LogP contribution in [0.25, 0.3) is 0 Å². The summed E-state index contributed by atoms with van der Waals surface area (Å²) in [6, 6.07) is 0. The molecule has 6 nitrogen and oxygen atoms in total. The molecule has 1 saturated heterocycles. The zero-order valence-corrected chi connectivity index (χ0v) is 10.1. The minimum Gasteiger partial charge on any atom is -0.462 e. The number of carbonyl (C=O) groups is 1. The summed E-state index contributed by atoms with van der Waals surface area (Å²) < 4.78 is 10.5. The van der Waals surface area contributed by atoms with Gasteiger partial charge in [-0.05, 0) is 5.92 Å². The Labute approximate surface area is 100 Å². The Morgan fingerprint density at radius 1 is 1.65 bits per heavy atom. The van der Waals surface area contributed by atoms with Crippen molar-refractivity contribution in [3.63, 3.8) is 0 Å². The van der Waals surface area contributed by atoms with Crippen LogP contribution < -0.4 is 0 Å². The maximum absolute atomic E-state index is 11.3. The highest BCUT2D eigenvalue weighted by atomic mass is 16.5. The molecular formula is C11H17N3O3. The first kappa shape index (κ1) is 12.0. The maximum Gasteiger partial charge on any atom is 0.335 e. The van der Waals surface area contributed by atoms with Crippen molar-refractivity contribution in [1.82, 2.24) is 5.01 Å². The van der Waals surface area contributed by atoms with Crippen LogP contribution in [0, 0.1) is 5.92 Å². The zero-order valence-electron chi connectivity index (χ0n) is 10.1. The van der Waals surface area contributed by atoms with Crippen LogP contribution in [0.1, 0.15) is 20.3 Å². The Bertz CT molecular complexity index is 352. The van der Waals surface area contributed by atoms with E-state index < -0.39 is 0 Å². The molecule has 0 aromatic heterocycles. The van der Waals surface area contributed by atoms with E-state index >= 15 is 0 Å². The molecule has 0 aromatic rings. The second-order valence-corrected chi connectivity index (χ2v) is 4.52. The SMILES string of the molecule is CC(C)CO[C@H]1CN=NN1/C=C1/CCOC1=O. The Morgan fingerprint density at radius 3 is 3.12 bits per heavy atom. The zero-order chi connectivity index (χ0) is 12.3. The molecule has 0 radical (unpaired) electrons. The number of hydrogen-bond acceptors (Lipinski definition) is 6. The summed E-state index contributed by atoms with van der Waals surface area (Å²) in [5.41, 5.74) is 0.629. The quantitative estimate of drug-likeness (QED) is 0.551. The van der Waals surface area contributed by atoms with Crippen molar-refractivity contribution in [1.29, 1.82) is 0 Å². The Morgan fingerprint density at radius 2 is 2.47 bits per heavy atom. The van der Waals surface area contributed by atoms with Gasteiger partial charge in [0.05, 0.1) is 18.8 Å². The third kappa shape index (κ3) is 3.03. The average Bonchev–Trinajstić information content (AvgIpc) is 2.87. The van der Waals surface area contributed by atoms with Crippen molar-refractivity contribution in [3.05, 3.63) is 11.8 Å². The van der Waals surface area contributed by atoms with Gasteiger partial charge < -0.3 is 9.47 Å². The van der Waals surface area contributed by atoms with Gasteiger partial charge in [-0.1, -0.05) is 19.1 Å². The summed E-state index contributed by atoms with van der Waals surface area (Å²) >= 11 is 0. The van der Waals surface area contributed by atoms with Crippen LogP contribution in [0.3, 0.4) is 0 Å². The molecule has 2 heterocycles. The standard InChI is InChI=1S/C11H17N3O3/c1-8(2)7-17-10-5-12-13-14(10)6-9-3-4-16-11(9)15/h6,8,10H,3-5,7H2,1-2H3/b9-6-/t10-/m0/s1. The third-order valence-electron chi connectivity index (χ3n) is 2.48. The van der Waals surface area contributed by atoms with E-state index in [1.807, 2.05) is 0 Å². The topological polar surface area (TPSA) is 63.5 Å². The highest BCUT2D eigenvalue weighted by Crippen LogP contribution is 2.19. The normalized spacial score (nSPS) is 26.3. The van der Waals surface area contributed by atoms with E-state index in [9.17, 15) is 4.79 Å². The van der Waals surface area contributed by atoms with E-state index in [2.05, 4.69) is 24.2 Å². The summed E-state index contributed by atoms with van der Waals surface area (Å²) in [4.78, 5) is 11.3. The lowest BCUT2D eigenvalue weighted by Gasteiger charge is -2.19. The lowest BCUT2D eigenvalue weighted by atomic mass is 10.2. The van der Waals surface area contributed by atoms with E-state index in [-0.39, 0.29) is 12.2 Å². The first-order valence-electron chi connectivity index (χ1n) is 5.82. The van der Waals surface area contributed by atoms with E-state index in [0.29, 0.717) is 37.7 Å². The predicted molar refractivity (Wildman–Crippen MR) is 59.8 cm³/mol. The number of esters is 1. The molecule has 0 bridgehead atoms. The average molecular weight is 239 g/mol. The molecule has 0 aromatic carbocycles. The van der Waals surface area contributed by atoms with Gasteiger partial charge in [0.25, 0.3) is 0 Å². The van der Waals surface area contributed by atoms with Crippen molar-refractivity contribution in [2.24, 2.45) is 16.3 Å². The van der Waals surface area contributed by atoms with Crippen molar-refractivity contribution in [2.75, 3.05) is 19.8 Å². The molecule has 17 heavy (non-hydrogen) atoms. The second kappa shape index (κ2) is 5.27. The van der Waals surface area contributed by atoms with E-state index in [1.165, 1.54) is 0 Å². The number of hydrogen-bond donors (Lipinski definition) is 0. The minimum atomic E-state index is -0.269. The van der Waals surface area contributed by atoms with E-state index in [0.717, 1.165) is 0 Å². The molecule has 0 unspecified atom stereocenters. The summed E-state index contributed by atoms with van der Waals surface area (Å²) in [5, 5.41) is 9.46. The molecule has 6 heteroatoms. The van der Waals surface area contributed by atoms with Crippen molar-refractivity contribution >= 4 is 5.97 Å². The number of ether oxygens (including phenoxy) is 2. The van der Waals surface area contributed by atoms with Gasteiger partial charge in [-0.15, -0.1) is 0 Å². The molecule has 0 aliphatic carbocycles. The third-order valence-corrected chi connectivity index (χ3v) is 2.48. The first-order chi connectivity index (χ1) is 8.16. The van der Waals surface area contributed by atoms with Gasteiger partial charge >= 0.3 is 5.97 Å². The lowest BCUT2D eigenvalue weighted by Crippen LogP contribution is -2.29. The van der Waals surface area contributed by atoms with Crippen LogP contribution in [0.15, 0.2) is 22.1 Å². The Balaban J connectivity index is 1.94. The molecule has 1 fully saturated rings. The van der Waals surface area contributed by atoms with Crippen molar-refractivity contribution < 1.29 is 14.3 Å². The molecule has 2 aliphatic rings.